The van der Waals surface area contributed by atoms with Crippen LogP contribution in [0.1, 0.15) is 22.3 Å². The van der Waals surface area contributed by atoms with Crippen LogP contribution in [0.25, 0.3) is 0 Å². The third kappa shape index (κ3) is 5.37. The molecule has 4 heteroatoms. The quantitative estimate of drug-likeness (QED) is 0.587. The first-order valence-electron chi connectivity index (χ1n) is 9.84. The lowest BCUT2D eigenvalue weighted by atomic mass is 10.1. The summed E-state index contributed by atoms with van der Waals surface area (Å²) in [5, 5.41) is 18.4. The van der Waals surface area contributed by atoms with Crippen LogP contribution in [0.5, 0.6) is 5.75 Å². The molecule has 0 aliphatic carbocycles. The summed E-state index contributed by atoms with van der Waals surface area (Å²) in [6.07, 6.45) is -0.878. The predicted octanol–water partition coefficient (Wildman–Crippen LogP) is 5.12. The van der Waals surface area contributed by atoms with Crippen LogP contribution in [0.15, 0.2) is 60.7 Å². The summed E-state index contributed by atoms with van der Waals surface area (Å²) < 4.78 is 5.55. The largest absolute Gasteiger partial charge is 0.491 e. The molecule has 1 atom stereocenters. The van der Waals surface area contributed by atoms with E-state index < -0.39 is 6.10 Å². The Morgan fingerprint density at radius 1 is 0.724 bits per heavy atom. The summed E-state index contributed by atoms with van der Waals surface area (Å²) >= 11 is 0. The van der Waals surface area contributed by atoms with E-state index in [-0.39, 0.29) is 13.2 Å². The summed E-state index contributed by atoms with van der Waals surface area (Å²) in [4.78, 5) is 2.24. The first-order chi connectivity index (χ1) is 13.9. The second-order valence-corrected chi connectivity index (χ2v) is 7.67. The van der Waals surface area contributed by atoms with E-state index in [4.69, 9.17) is 9.84 Å². The molecule has 29 heavy (non-hydrogen) atoms. The molecule has 152 valence electrons. The highest BCUT2D eigenvalue weighted by atomic mass is 16.5. The number of rotatable bonds is 7. The molecule has 0 heterocycles. The van der Waals surface area contributed by atoms with Gasteiger partial charge >= 0.3 is 0 Å². The Balaban J connectivity index is 2.01. The van der Waals surface area contributed by atoms with Crippen molar-refractivity contribution in [3.8, 4) is 5.75 Å². The smallest absolute Gasteiger partial charge is 0.119 e. The molecule has 0 saturated heterocycles. The number of ether oxygens (including phenoxy) is 1. The highest BCUT2D eigenvalue weighted by Crippen LogP contribution is 2.37. The molecule has 0 fully saturated rings. The average Bonchev–Trinajstić information content (AvgIpc) is 2.66. The van der Waals surface area contributed by atoms with Gasteiger partial charge in [0.05, 0.1) is 6.61 Å². The summed E-state index contributed by atoms with van der Waals surface area (Å²) in [6.45, 7) is 8.19. The fourth-order valence-electron chi connectivity index (χ4n) is 3.54. The Labute approximate surface area is 173 Å². The third-order valence-corrected chi connectivity index (χ3v) is 4.68. The predicted molar refractivity (Wildman–Crippen MR) is 119 cm³/mol. The number of benzene rings is 3. The van der Waals surface area contributed by atoms with Gasteiger partial charge in [-0.15, -0.1) is 0 Å². The zero-order chi connectivity index (χ0) is 21.0. The van der Waals surface area contributed by atoms with Crippen molar-refractivity contribution in [3.05, 3.63) is 82.9 Å². The molecule has 0 amide bonds. The first-order valence-corrected chi connectivity index (χ1v) is 9.84. The molecular formula is C25H29NO3. The van der Waals surface area contributed by atoms with Gasteiger partial charge in [-0.3, -0.25) is 0 Å². The highest BCUT2D eigenvalue weighted by Gasteiger charge is 2.14. The summed E-state index contributed by atoms with van der Waals surface area (Å²) in [6, 6.07) is 20.9. The van der Waals surface area contributed by atoms with E-state index in [9.17, 15) is 5.11 Å². The van der Waals surface area contributed by atoms with Crippen LogP contribution in [-0.4, -0.2) is 29.5 Å². The fourth-order valence-corrected chi connectivity index (χ4v) is 3.54. The van der Waals surface area contributed by atoms with Crippen molar-refractivity contribution in [2.75, 3.05) is 18.1 Å². The van der Waals surface area contributed by atoms with Gasteiger partial charge in [-0.25, -0.2) is 0 Å². The zero-order valence-corrected chi connectivity index (χ0v) is 17.5. The third-order valence-electron chi connectivity index (χ3n) is 4.68. The van der Waals surface area contributed by atoms with Gasteiger partial charge in [0.15, 0.2) is 0 Å². The standard InChI is InChI=1S/C25H29NO3/c1-17-9-18(2)12-22(11-17)26(23-13-19(3)10-20(4)14-23)21-5-7-25(8-6-21)29-16-24(28)15-27/h5-14,24,27-28H,15-16H2,1-4H3. The zero-order valence-electron chi connectivity index (χ0n) is 17.5. The van der Waals surface area contributed by atoms with Gasteiger partial charge in [0.2, 0.25) is 0 Å². The minimum absolute atomic E-state index is 0.0632. The monoisotopic (exact) mass is 391 g/mol. The van der Waals surface area contributed by atoms with Gasteiger partial charge in [-0.05, 0) is 98.5 Å². The molecule has 3 aromatic carbocycles. The number of nitrogens with zero attached hydrogens (tertiary/aromatic N) is 1. The maximum Gasteiger partial charge on any atom is 0.119 e. The van der Waals surface area contributed by atoms with Crippen molar-refractivity contribution in [1.82, 2.24) is 0 Å². The molecular weight excluding hydrogens is 362 g/mol. The van der Waals surface area contributed by atoms with Crippen LogP contribution < -0.4 is 9.64 Å². The number of hydrogen-bond donors (Lipinski definition) is 2. The van der Waals surface area contributed by atoms with E-state index in [2.05, 4.69) is 69.0 Å². The Morgan fingerprint density at radius 2 is 1.17 bits per heavy atom. The molecule has 0 radical (unpaired) electrons. The van der Waals surface area contributed by atoms with Crippen molar-refractivity contribution in [1.29, 1.82) is 0 Å². The molecule has 0 aromatic heterocycles. The second kappa shape index (κ2) is 9.12. The summed E-state index contributed by atoms with van der Waals surface area (Å²) in [5.41, 5.74) is 8.10. The normalized spacial score (nSPS) is 11.9. The van der Waals surface area contributed by atoms with E-state index in [0.717, 1.165) is 17.1 Å². The van der Waals surface area contributed by atoms with Crippen molar-refractivity contribution >= 4 is 17.1 Å². The van der Waals surface area contributed by atoms with Crippen LogP contribution in [0.3, 0.4) is 0 Å². The van der Waals surface area contributed by atoms with E-state index in [1.165, 1.54) is 22.3 Å². The lowest BCUT2D eigenvalue weighted by molar-refractivity contribution is 0.0536. The van der Waals surface area contributed by atoms with Gasteiger partial charge in [0.1, 0.15) is 18.5 Å². The van der Waals surface area contributed by atoms with E-state index in [1.807, 2.05) is 24.3 Å². The van der Waals surface area contributed by atoms with E-state index >= 15 is 0 Å². The van der Waals surface area contributed by atoms with Crippen molar-refractivity contribution in [2.45, 2.75) is 33.8 Å². The summed E-state index contributed by atoms with van der Waals surface area (Å²) in [5.74, 6) is 0.655. The van der Waals surface area contributed by atoms with Crippen molar-refractivity contribution < 1.29 is 14.9 Å². The number of anilines is 3. The van der Waals surface area contributed by atoms with E-state index in [0.29, 0.717) is 5.75 Å². The highest BCUT2D eigenvalue weighted by molar-refractivity contribution is 5.78. The Kier molecular flexibility index (Phi) is 6.57. The van der Waals surface area contributed by atoms with Gasteiger partial charge in [0, 0.05) is 17.1 Å². The van der Waals surface area contributed by atoms with Crippen LogP contribution in [0, 0.1) is 27.7 Å². The maximum atomic E-state index is 9.48. The maximum absolute atomic E-state index is 9.48. The van der Waals surface area contributed by atoms with Gasteiger partial charge in [0.25, 0.3) is 0 Å². The van der Waals surface area contributed by atoms with Gasteiger partial charge < -0.3 is 19.8 Å². The molecule has 3 aromatic rings. The molecule has 0 saturated carbocycles. The molecule has 4 nitrogen and oxygen atoms in total. The van der Waals surface area contributed by atoms with Crippen LogP contribution >= 0.6 is 0 Å². The number of aryl methyl sites for hydroxylation is 4. The van der Waals surface area contributed by atoms with Crippen LogP contribution in [0.4, 0.5) is 17.1 Å². The number of hydrogen-bond acceptors (Lipinski definition) is 4. The van der Waals surface area contributed by atoms with Crippen molar-refractivity contribution in [3.63, 3.8) is 0 Å². The minimum atomic E-state index is -0.878. The lowest BCUT2D eigenvalue weighted by Gasteiger charge is -2.27. The Bertz CT molecular complexity index is 874. The second-order valence-electron chi connectivity index (χ2n) is 7.67. The van der Waals surface area contributed by atoms with E-state index in [1.54, 1.807) is 0 Å². The fraction of sp³-hybridized carbons (Fsp3) is 0.280. The molecule has 0 aliphatic rings. The van der Waals surface area contributed by atoms with Gasteiger partial charge in [-0.1, -0.05) is 12.1 Å². The topological polar surface area (TPSA) is 52.9 Å². The van der Waals surface area contributed by atoms with Crippen molar-refractivity contribution in [2.24, 2.45) is 0 Å². The lowest BCUT2D eigenvalue weighted by Crippen LogP contribution is -2.21. The average molecular weight is 392 g/mol. The number of aliphatic hydroxyl groups excluding tert-OH is 2. The number of aliphatic hydroxyl groups is 2. The molecule has 2 N–H and O–H groups in total. The molecule has 0 aliphatic heterocycles. The first kappa shape index (κ1) is 20.9. The molecule has 1 unspecified atom stereocenters. The Morgan fingerprint density at radius 3 is 1.59 bits per heavy atom. The van der Waals surface area contributed by atoms with Crippen LogP contribution in [0.2, 0.25) is 0 Å². The minimum Gasteiger partial charge on any atom is -0.491 e. The van der Waals surface area contributed by atoms with Crippen LogP contribution in [-0.2, 0) is 0 Å². The molecule has 0 bridgehead atoms. The Hall–Kier alpha value is -2.82. The van der Waals surface area contributed by atoms with Gasteiger partial charge in [-0.2, -0.15) is 0 Å². The SMILES string of the molecule is Cc1cc(C)cc(N(c2ccc(OCC(O)CO)cc2)c2cc(C)cc(C)c2)c1. The molecule has 0 spiro atoms. The summed E-state index contributed by atoms with van der Waals surface area (Å²) in [7, 11) is 0. The molecule has 3 rings (SSSR count).